The predicted octanol–water partition coefficient (Wildman–Crippen LogP) is 4.84. The van der Waals surface area contributed by atoms with Crippen molar-refractivity contribution in [3.05, 3.63) is 82.2 Å². The Bertz CT molecular complexity index is 1450. The van der Waals surface area contributed by atoms with Crippen LogP contribution in [0, 0.1) is 0 Å². The van der Waals surface area contributed by atoms with E-state index in [2.05, 4.69) is 21.3 Å². The summed E-state index contributed by atoms with van der Waals surface area (Å²) >= 11 is 6.59. The van der Waals surface area contributed by atoms with Gasteiger partial charge < -0.3 is 19.5 Å². The van der Waals surface area contributed by atoms with E-state index >= 15 is 0 Å². The maximum absolute atomic E-state index is 12.7. The van der Waals surface area contributed by atoms with Gasteiger partial charge in [-0.3, -0.25) is 14.7 Å². The van der Waals surface area contributed by atoms with E-state index in [4.69, 9.17) is 21.3 Å². The number of ether oxygens (including phenoxy) is 1. The van der Waals surface area contributed by atoms with Crippen LogP contribution in [0.4, 0.5) is 4.79 Å². The minimum absolute atomic E-state index is 0.152. The van der Waals surface area contributed by atoms with Crippen LogP contribution in [0.2, 0.25) is 5.02 Å². The molecule has 3 heterocycles. The van der Waals surface area contributed by atoms with E-state index in [0.717, 1.165) is 33.7 Å². The van der Waals surface area contributed by atoms with Gasteiger partial charge in [-0.15, -0.1) is 0 Å². The topological polar surface area (TPSA) is 92.6 Å². The Labute approximate surface area is 239 Å². The van der Waals surface area contributed by atoms with Gasteiger partial charge in [0.2, 0.25) is 5.91 Å². The maximum atomic E-state index is 12.7. The molecule has 210 valence electrons. The van der Waals surface area contributed by atoms with Crippen LogP contribution in [-0.4, -0.2) is 68.1 Å². The van der Waals surface area contributed by atoms with Crippen LogP contribution < -0.4 is 5.32 Å². The number of nitrogens with zero attached hydrogens (tertiary/aromatic N) is 5. The lowest BCUT2D eigenvalue weighted by Crippen LogP contribution is -2.51. The van der Waals surface area contributed by atoms with E-state index in [9.17, 15) is 9.59 Å². The molecular weight excluding hydrogens is 528 g/mol. The first kappa shape index (κ1) is 27.9. The Balaban J connectivity index is 1.58. The van der Waals surface area contributed by atoms with Crippen molar-refractivity contribution in [2.24, 2.45) is 7.05 Å². The average Bonchev–Trinajstić information content (AvgIpc) is 3.26. The zero-order valence-corrected chi connectivity index (χ0v) is 24.3. The van der Waals surface area contributed by atoms with E-state index in [0.29, 0.717) is 31.2 Å². The number of pyridine rings is 1. The number of aromatic nitrogens is 3. The normalized spacial score (nSPS) is 18.2. The van der Waals surface area contributed by atoms with Gasteiger partial charge in [0.15, 0.2) is 0 Å². The predicted molar refractivity (Wildman–Crippen MR) is 155 cm³/mol. The number of hydrogen-bond acceptors (Lipinski definition) is 6. The Morgan fingerprint density at radius 1 is 1.15 bits per heavy atom. The number of carbonyl (C=O) groups is 2. The standard InChI is InChI=1S/C30H35ClN6O3/c1-19(38)34-27(25-17-32-18-35(25)5)24-15-20-7-6-10-33-26(20)28(22-9-8-21(31)16-23(22)24)36-11-13-37(14-12-36)29(39)40-30(2,3)4/h6-10,15-18,27-28H,11-14H2,1-5H3,(H,34,38)/t27-,28+/m1/s1. The van der Waals surface area contributed by atoms with Crippen LogP contribution in [0.5, 0.6) is 0 Å². The molecule has 0 radical (unpaired) electrons. The minimum atomic E-state index is -0.545. The van der Waals surface area contributed by atoms with Crippen molar-refractivity contribution in [3.8, 4) is 0 Å². The first-order chi connectivity index (χ1) is 19.0. The third kappa shape index (κ3) is 5.76. The highest BCUT2D eigenvalue weighted by molar-refractivity contribution is 6.30. The smallest absolute Gasteiger partial charge is 0.410 e. The zero-order chi connectivity index (χ0) is 28.6. The molecule has 1 fully saturated rings. The van der Waals surface area contributed by atoms with Gasteiger partial charge in [-0.25, -0.2) is 9.78 Å². The number of piperazine rings is 1. The summed E-state index contributed by atoms with van der Waals surface area (Å²) in [4.78, 5) is 38.5. The fourth-order valence-electron chi connectivity index (χ4n) is 5.45. The van der Waals surface area contributed by atoms with E-state index in [1.54, 1.807) is 17.4 Å². The van der Waals surface area contributed by atoms with Gasteiger partial charge in [-0.05, 0) is 67.3 Å². The summed E-state index contributed by atoms with van der Waals surface area (Å²) < 4.78 is 7.52. The van der Waals surface area contributed by atoms with Crippen molar-refractivity contribution in [1.82, 2.24) is 29.7 Å². The van der Waals surface area contributed by atoms with Crippen molar-refractivity contribution in [3.63, 3.8) is 0 Å². The first-order valence-corrected chi connectivity index (χ1v) is 13.8. The van der Waals surface area contributed by atoms with Crippen LogP contribution in [0.3, 0.4) is 0 Å². The third-order valence-electron chi connectivity index (χ3n) is 7.20. The molecule has 1 aromatic carbocycles. The number of imidazole rings is 1. The van der Waals surface area contributed by atoms with Crippen molar-refractivity contribution in [2.75, 3.05) is 26.2 Å². The summed E-state index contributed by atoms with van der Waals surface area (Å²) in [6.07, 6.45) is 7.11. The van der Waals surface area contributed by atoms with E-state index in [1.807, 2.05) is 68.9 Å². The fourth-order valence-corrected chi connectivity index (χ4v) is 5.62. The van der Waals surface area contributed by atoms with Gasteiger partial charge in [0.05, 0.1) is 36.0 Å². The molecule has 1 N–H and O–H groups in total. The Kier molecular flexibility index (Phi) is 7.70. The van der Waals surface area contributed by atoms with Crippen LogP contribution in [0.25, 0.3) is 11.6 Å². The molecular formula is C30H35ClN6O3. The molecule has 3 aromatic rings. The highest BCUT2D eigenvalue weighted by Gasteiger charge is 2.36. The molecule has 0 unspecified atom stereocenters. The molecule has 0 spiro atoms. The number of fused-ring (bicyclic) bond motifs is 2. The molecule has 2 atom stereocenters. The summed E-state index contributed by atoms with van der Waals surface area (Å²) in [7, 11) is 1.91. The number of nitrogens with one attached hydrogen (secondary N) is 1. The summed E-state index contributed by atoms with van der Waals surface area (Å²) in [6.45, 7) is 9.52. The second-order valence-corrected chi connectivity index (χ2v) is 11.7. The van der Waals surface area contributed by atoms with E-state index in [-0.39, 0.29) is 18.0 Å². The zero-order valence-electron chi connectivity index (χ0n) is 23.5. The highest BCUT2D eigenvalue weighted by atomic mass is 35.5. The minimum Gasteiger partial charge on any atom is -0.444 e. The molecule has 5 rings (SSSR count). The number of benzene rings is 1. The second kappa shape index (κ2) is 11.1. The van der Waals surface area contributed by atoms with Gasteiger partial charge in [0, 0.05) is 51.4 Å². The summed E-state index contributed by atoms with van der Waals surface area (Å²) in [5.41, 5.74) is 5.06. The second-order valence-electron chi connectivity index (χ2n) is 11.3. The number of aryl methyl sites for hydroxylation is 1. The highest BCUT2D eigenvalue weighted by Crippen LogP contribution is 2.44. The molecule has 2 amide bonds. The van der Waals surface area contributed by atoms with Crippen LogP contribution in [0.15, 0.2) is 49.1 Å². The van der Waals surface area contributed by atoms with E-state index in [1.165, 1.54) is 6.92 Å². The molecule has 1 aliphatic heterocycles. The summed E-state index contributed by atoms with van der Waals surface area (Å²) in [6, 6.07) is 9.24. The molecule has 2 aromatic heterocycles. The maximum Gasteiger partial charge on any atom is 0.410 e. The van der Waals surface area contributed by atoms with Crippen LogP contribution >= 0.6 is 11.6 Å². The van der Waals surface area contributed by atoms with Gasteiger partial charge in [-0.1, -0.05) is 23.7 Å². The van der Waals surface area contributed by atoms with Gasteiger partial charge in [0.25, 0.3) is 0 Å². The lowest BCUT2D eigenvalue weighted by atomic mass is 9.89. The molecule has 0 saturated carbocycles. The molecule has 9 nitrogen and oxygen atoms in total. The van der Waals surface area contributed by atoms with Crippen LogP contribution in [0.1, 0.15) is 67.9 Å². The largest absolute Gasteiger partial charge is 0.444 e. The number of amides is 2. The van der Waals surface area contributed by atoms with Crippen molar-refractivity contribution in [2.45, 2.75) is 45.4 Å². The lowest BCUT2D eigenvalue weighted by molar-refractivity contribution is -0.119. The number of carbonyl (C=O) groups excluding carboxylic acids is 2. The average molecular weight is 563 g/mol. The van der Waals surface area contributed by atoms with Crippen LogP contribution in [-0.2, 0) is 16.6 Å². The SMILES string of the molecule is CC(=O)N[C@H](C1=Cc2cccnc2[C@@H](N2CCN(C(=O)OC(C)(C)C)CC2)c2ccc(Cl)cc21)c1cncn1C. The van der Waals surface area contributed by atoms with Gasteiger partial charge >= 0.3 is 6.09 Å². The van der Waals surface area contributed by atoms with Gasteiger partial charge in [0.1, 0.15) is 5.60 Å². The third-order valence-corrected chi connectivity index (χ3v) is 7.44. The molecule has 1 aliphatic carbocycles. The van der Waals surface area contributed by atoms with E-state index < -0.39 is 11.6 Å². The summed E-state index contributed by atoms with van der Waals surface area (Å²) in [5.74, 6) is -0.152. The Hall–Kier alpha value is -3.69. The number of rotatable bonds is 4. The Morgan fingerprint density at radius 3 is 2.55 bits per heavy atom. The molecule has 1 saturated heterocycles. The van der Waals surface area contributed by atoms with Crippen molar-refractivity contribution >= 4 is 35.3 Å². The molecule has 0 bridgehead atoms. The fraction of sp³-hybridized carbons (Fsp3) is 0.400. The monoisotopic (exact) mass is 562 g/mol. The van der Waals surface area contributed by atoms with Crippen molar-refractivity contribution < 1.29 is 14.3 Å². The van der Waals surface area contributed by atoms with Gasteiger partial charge in [-0.2, -0.15) is 0 Å². The molecule has 40 heavy (non-hydrogen) atoms. The lowest BCUT2D eigenvalue weighted by Gasteiger charge is -2.40. The Morgan fingerprint density at radius 2 is 1.90 bits per heavy atom. The van der Waals surface area contributed by atoms with Crippen molar-refractivity contribution in [1.29, 1.82) is 0 Å². The number of halogens is 1. The molecule has 10 heteroatoms. The first-order valence-electron chi connectivity index (χ1n) is 13.4. The summed E-state index contributed by atoms with van der Waals surface area (Å²) in [5, 5.41) is 3.74. The molecule has 2 aliphatic rings. The quantitative estimate of drug-likeness (QED) is 0.489. The number of hydrogen-bond donors (Lipinski definition) is 1.